The maximum Gasteiger partial charge on any atom is 0.322 e. The Labute approximate surface area is 174 Å². The number of aromatic nitrogens is 2. The highest BCUT2D eigenvalue weighted by molar-refractivity contribution is 7.89. The lowest BCUT2D eigenvalue weighted by atomic mass is 10.1. The van der Waals surface area contributed by atoms with Crippen molar-refractivity contribution in [2.24, 2.45) is 0 Å². The van der Waals surface area contributed by atoms with Gasteiger partial charge in [0.2, 0.25) is 21.8 Å². The molecule has 2 aromatic carbocycles. The Morgan fingerprint density at radius 3 is 2.33 bits per heavy atom. The fourth-order valence-corrected chi connectivity index (χ4v) is 3.49. The second kappa shape index (κ2) is 9.06. The number of anilines is 1. The van der Waals surface area contributed by atoms with Crippen LogP contribution in [0.2, 0.25) is 0 Å². The second-order valence-electron chi connectivity index (χ2n) is 6.53. The van der Waals surface area contributed by atoms with Gasteiger partial charge in [0.25, 0.3) is 0 Å². The van der Waals surface area contributed by atoms with Crippen LogP contribution in [0.3, 0.4) is 0 Å². The van der Waals surface area contributed by atoms with E-state index in [9.17, 15) is 13.2 Å². The van der Waals surface area contributed by atoms with E-state index in [-0.39, 0.29) is 29.1 Å². The van der Waals surface area contributed by atoms with E-state index in [2.05, 4.69) is 15.5 Å². The second-order valence-corrected chi connectivity index (χ2v) is 8.68. The predicted octanol–water partition coefficient (Wildman–Crippen LogP) is 2.57. The Hall–Kier alpha value is -3.24. The Morgan fingerprint density at radius 2 is 1.73 bits per heavy atom. The molecule has 1 heterocycles. The lowest BCUT2D eigenvalue weighted by molar-refractivity contribution is -0.115. The van der Waals surface area contributed by atoms with Crippen LogP contribution in [0.5, 0.6) is 5.75 Å². The molecule has 0 bridgehead atoms. The first-order chi connectivity index (χ1) is 14.3. The monoisotopic (exact) mass is 430 g/mol. The smallest absolute Gasteiger partial charge is 0.322 e. The van der Waals surface area contributed by atoms with Crippen molar-refractivity contribution >= 4 is 21.9 Å². The predicted molar refractivity (Wildman–Crippen MR) is 111 cm³/mol. The van der Waals surface area contributed by atoms with Gasteiger partial charge >= 0.3 is 6.01 Å². The van der Waals surface area contributed by atoms with Crippen LogP contribution >= 0.6 is 0 Å². The maximum absolute atomic E-state index is 12.2. The molecule has 10 heteroatoms. The van der Waals surface area contributed by atoms with E-state index < -0.39 is 10.0 Å². The zero-order valence-electron chi connectivity index (χ0n) is 16.8. The van der Waals surface area contributed by atoms with E-state index >= 15 is 0 Å². The molecule has 0 unspecified atom stereocenters. The standard InChI is InChI=1S/C20H22N4O5S/c1-4-28-16-9-5-14(6-10-16)13-18(25)21-20-23-22-19(29-20)15-7-11-17(12-8-15)30(26,27)24(2)3/h5-12H,4,13H2,1-3H3,(H,21,23,25). The van der Waals surface area contributed by atoms with E-state index in [4.69, 9.17) is 9.15 Å². The maximum atomic E-state index is 12.2. The number of carbonyl (C=O) groups is 1. The van der Waals surface area contributed by atoms with Gasteiger partial charge in [0.15, 0.2) is 0 Å². The molecule has 0 saturated heterocycles. The zero-order chi connectivity index (χ0) is 21.7. The normalized spacial score (nSPS) is 11.5. The number of carbonyl (C=O) groups excluding carboxylic acids is 1. The SMILES string of the molecule is CCOc1ccc(CC(=O)Nc2nnc(-c3ccc(S(=O)(=O)N(C)C)cc3)o2)cc1. The summed E-state index contributed by atoms with van der Waals surface area (Å²) in [5.41, 5.74) is 1.35. The van der Waals surface area contributed by atoms with Crippen LogP contribution < -0.4 is 10.1 Å². The number of nitrogens with one attached hydrogen (secondary N) is 1. The van der Waals surface area contributed by atoms with E-state index in [1.165, 1.54) is 26.2 Å². The van der Waals surface area contributed by atoms with Gasteiger partial charge in [-0.2, -0.15) is 0 Å². The minimum Gasteiger partial charge on any atom is -0.494 e. The highest BCUT2D eigenvalue weighted by Gasteiger charge is 2.18. The number of hydrogen-bond acceptors (Lipinski definition) is 7. The van der Waals surface area contributed by atoms with Gasteiger partial charge in [-0.15, -0.1) is 5.10 Å². The number of hydrogen-bond donors (Lipinski definition) is 1. The van der Waals surface area contributed by atoms with E-state index in [1.807, 2.05) is 19.1 Å². The van der Waals surface area contributed by atoms with Crippen LogP contribution in [-0.2, 0) is 21.2 Å². The number of rotatable bonds is 8. The molecular weight excluding hydrogens is 408 g/mol. The molecule has 1 amide bonds. The summed E-state index contributed by atoms with van der Waals surface area (Å²) in [6.07, 6.45) is 0.140. The minimum atomic E-state index is -3.52. The van der Waals surface area contributed by atoms with E-state index in [1.54, 1.807) is 24.3 Å². The van der Waals surface area contributed by atoms with Crippen molar-refractivity contribution in [1.82, 2.24) is 14.5 Å². The molecule has 1 N–H and O–H groups in total. The molecule has 0 aliphatic carbocycles. The van der Waals surface area contributed by atoms with Crippen LogP contribution in [0.4, 0.5) is 6.01 Å². The van der Waals surface area contributed by atoms with Crippen molar-refractivity contribution in [2.75, 3.05) is 26.0 Å². The molecule has 0 aliphatic rings. The first-order valence-corrected chi connectivity index (χ1v) is 10.6. The van der Waals surface area contributed by atoms with Gasteiger partial charge in [0.05, 0.1) is 17.9 Å². The van der Waals surface area contributed by atoms with Crippen LogP contribution in [0.15, 0.2) is 57.8 Å². The summed E-state index contributed by atoms with van der Waals surface area (Å²) in [5.74, 6) is 0.606. The van der Waals surface area contributed by atoms with E-state index in [0.717, 1.165) is 15.6 Å². The van der Waals surface area contributed by atoms with Crippen molar-refractivity contribution in [1.29, 1.82) is 0 Å². The molecule has 0 aliphatic heterocycles. The largest absolute Gasteiger partial charge is 0.494 e. The number of amides is 1. The van der Waals surface area contributed by atoms with Crippen molar-refractivity contribution < 1.29 is 22.4 Å². The van der Waals surface area contributed by atoms with Crippen LogP contribution in [0.25, 0.3) is 11.5 Å². The lowest BCUT2D eigenvalue weighted by Gasteiger charge is -2.11. The van der Waals surface area contributed by atoms with Crippen LogP contribution in [0.1, 0.15) is 12.5 Å². The molecule has 9 nitrogen and oxygen atoms in total. The van der Waals surface area contributed by atoms with Crippen molar-refractivity contribution in [3.05, 3.63) is 54.1 Å². The third kappa shape index (κ3) is 5.02. The van der Waals surface area contributed by atoms with Gasteiger partial charge < -0.3 is 9.15 Å². The zero-order valence-corrected chi connectivity index (χ0v) is 17.6. The van der Waals surface area contributed by atoms with Gasteiger partial charge in [-0.1, -0.05) is 17.2 Å². The fraction of sp³-hybridized carbons (Fsp3) is 0.250. The molecule has 3 rings (SSSR count). The summed E-state index contributed by atoms with van der Waals surface area (Å²) in [4.78, 5) is 12.4. The van der Waals surface area contributed by atoms with Crippen LogP contribution in [-0.4, -0.2) is 49.5 Å². The van der Waals surface area contributed by atoms with Crippen molar-refractivity contribution in [2.45, 2.75) is 18.2 Å². The molecule has 1 aromatic heterocycles. The third-order valence-electron chi connectivity index (χ3n) is 4.15. The van der Waals surface area contributed by atoms with Gasteiger partial charge in [-0.25, -0.2) is 12.7 Å². The average Bonchev–Trinajstić information content (AvgIpc) is 3.18. The lowest BCUT2D eigenvalue weighted by Crippen LogP contribution is -2.22. The first kappa shape index (κ1) is 21.5. The van der Waals surface area contributed by atoms with Crippen molar-refractivity contribution in [3.63, 3.8) is 0 Å². The molecule has 0 spiro atoms. The average molecular weight is 430 g/mol. The Balaban J connectivity index is 1.64. The number of benzene rings is 2. The molecular formula is C20H22N4O5S. The summed E-state index contributed by atoms with van der Waals surface area (Å²) in [6, 6.07) is 13.2. The highest BCUT2D eigenvalue weighted by atomic mass is 32.2. The minimum absolute atomic E-state index is 0.0362. The van der Waals surface area contributed by atoms with E-state index in [0.29, 0.717) is 12.2 Å². The van der Waals surface area contributed by atoms with Crippen molar-refractivity contribution in [3.8, 4) is 17.2 Å². The molecule has 0 atom stereocenters. The van der Waals surface area contributed by atoms with Gasteiger partial charge in [0.1, 0.15) is 5.75 Å². The highest BCUT2D eigenvalue weighted by Crippen LogP contribution is 2.23. The molecule has 3 aromatic rings. The molecule has 0 radical (unpaired) electrons. The summed E-state index contributed by atoms with van der Waals surface area (Å²) < 4.78 is 36.2. The fourth-order valence-electron chi connectivity index (χ4n) is 2.59. The number of nitrogens with zero attached hydrogens (tertiary/aromatic N) is 3. The van der Waals surface area contributed by atoms with Gasteiger partial charge in [-0.05, 0) is 48.9 Å². The molecule has 158 valence electrons. The number of ether oxygens (including phenoxy) is 1. The summed E-state index contributed by atoms with van der Waals surface area (Å²) in [6.45, 7) is 2.48. The number of sulfonamides is 1. The summed E-state index contributed by atoms with van der Waals surface area (Å²) in [5, 5.41) is 10.3. The van der Waals surface area contributed by atoms with Gasteiger partial charge in [-0.3, -0.25) is 10.1 Å². The Bertz CT molecular complexity index is 1110. The Kier molecular flexibility index (Phi) is 6.48. The molecule has 30 heavy (non-hydrogen) atoms. The molecule has 0 fully saturated rings. The molecule has 0 saturated carbocycles. The van der Waals surface area contributed by atoms with Gasteiger partial charge in [0, 0.05) is 19.7 Å². The topological polar surface area (TPSA) is 115 Å². The first-order valence-electron chi connectivity index (χ1n) is 9.17. The quantitative estimate of drug-likeness (QED) is 0.584. The summed E-state index contributed by atoms with van der Waals surface area (Å²) >= 11 is 0. The summed E-state index contributed by atoms with van der Waals surface area (Å²) in [7, 11) is -0.597. The third-order valence-corrected chi connectivity index (χ3v) is 5.98. The Morgan fingerprint density at radius 1 is 1.07 bits per heavy atom. The van der Waals surface area contributed by atoms with Crippen LogP contribution in [0, 0.1) is 0 Å².